The van der Waals surface area contributed by atoms with E-state index in [9.17, 15) is 0 Å². The first-order valence-electron chi connectivity index (χ1n) is 4.17. The molecule has 0 aliphatic heterocycles. The van der Waals surface area contributed by atoms with Crippen molar-refractivity contribution >= 4 is 11.6 Å². The Bertz CT molecular complexity index is 309. The lowest BCUT2D eigenvalue weighted by atomic mass is 10.1. The van der Waals surface area contributed by atoms with Gasteiger partial charge in [0.25, 0.3) is 0 Å². The fourth-order valence-electron chi connectivity index (χ4n) is 1.57. The number of hydrogen-bond acceptors (Lipinski definition) is 1. The number of phenolic OH excluding ortho intramolecular Hbond substituents is 1. The summed E-state index contributed by atoms with van der Waals surface area (Å²) in [7, 11) is 0. The van der Waals surface area contributed by atoms with Gasteiger partial charge in [0.1, 0.15) is 5.75 Å². The van der Waals surface area contributed by atoms with Crippen molar-refractivity contribution in [2.45, 2.75) is 19.3 Å². The number of phenols is 1. The topological polar surface area (TPSA) is 20.2 Å². The standard InChI is InChI=1S/C10H11ClO/c1-6-4-9(6)8-3-2-7(12)5-10(8)11/h2-3,5-6,9,12H,4H2,1H3/t6-,9+/m0/s1. The van der Waals surface area contributed by atoms with Crippen LogP contribution in [0.4, 0.5) is 0 Å². The van der Waals surface area contributed by atoms with Gasteiger partial charge in [-0.05, 0) is 36.0 Å². The van der Waals surface area contributed by atoms with Gasteiger partial charge >= 0.3 is 0 Å². The normalized spacial score (nSPS) is 27.2. The van der Waals surface area contributed by atoms with E-state index in [-0.39, 0.29) is 5.75 Å². The molecule has 1 aromatic rings. The summed E-state index contributed by atoms with van der Waals surface area (Å²) in [5.74, 6) is 1.63. The zero-order valence-corrected chi connectivity index (χ0v) is 7.67. The largest absolute Gasteiger partial charge is 0.508 e. The van der Waals surface area contributed by atoms with Crippen LogP contribution in [0.1, 0.15) is 24.8 Å². The van der Waals surface area contributed by atoms with E-state index in [1.165, 1.54) is 12.0 Å². The van der Waals surface area contributed by atoms with Crippen LogP contribution in [0.5, 0.6) is 5.75 Å². The fraction of sp³-hybridized carbons (Fsp3) is 0.400. The third-order valence-electron chi connectivity index (χ3n) is 2.49. The van der Waals surface area contributed by atoms with E-state index in [2.05, 4.69) is 6.92 Å². The molecule has 2 heteroatoms. The molecule has 1 nitrogen and oxygen atoms in total. The third kappa shape index (κ3) is 1.29. The molecule has 2 rings (SSSR count). The Morgan fingerprint density at radius 1 is 1.50 bits per heavy atom. The number of halogens is 1. The first-order valence-corrected chi connectivity index (χ1v) is 4.54. The smallest absolute Gasteiger partial charge is 0.117 e. The van der Waals surface area contributed by atoms with E-state index in [1.54, 1.807) is 12.1 Å². The van der Waals surface area contributed by atoms with Gasteiger partial charge in [0.05, 0.1) is 0 Å². The van der Waals surface area contributed by atoms with E-state index in [0.717, 1.165) is 5.92 Å². The van der Waals surface area contributed by atoms with Gasteiger partial charge in [0.15, 0.2) is 0 Å². The minimum absolute atomic E-state index is 0.247. The first kappa shape index (κ1) is 7.93. The second-order valence-electron chi connectivity index (χ2n) is 3.53. The van der Waals surface area contributed by atoms with E-state index < -0.39 is 0 Å². The van der Waals surface area contributed by atoms with Gasteiger partial charge in [-0.1, -0.05) is 24.6 Å². The molecule has 1 fully saturated rings. The summed E-state index contributed by atoms with van der Waals surface area (Å²) in [5.41, 5.74) is 1.18. The first-order chi connectivity index (χ1) is 5.68. The van der Waals surface area contributed by atoms with Crippen molar-refractivity contribution in [3.8, 4) is 5.75 Å². The Labute approximate surface area is 77.0 Å². The van der Waals surface area contributed by atoms with Crippen LogP contribution in [-0.4, -0.2) is 5.11 Å². The minimum Gasteiger partial charge on any atom is -0.508 e. The Morgan fingerprint density at radius 3 is 2.67 bits per heavy atom. The summed E-state index contributed by atoms with van der Waals surface area (Å²) >= 11 is 5.97. The zero-order chi connectivity index (χ0) is 8.72. The second kappa shape index (κ2) is 2.67. The molecule has 0 amide bonds. The highest BCUT2D eigenvalue weighted by molar-refractivity contribution is 6.31. The maximum Gasteiger partial charge on any atom is 0.117 e. The molecule has 1 aliphatic carbocycles. The molecule has 0 saturated heterocycles. The minimum atomic E-state index is 0.247. The van der Waals surface area contributed by atoms with Gasteiger partial charge in [-0.2, -0.15) is 0 Å². The van der Waals surface area contributed by atoms with E-state index in [0.29, 0.717) is 10.9 Å². The van der Waals surface area contributed by atoms with Crippen LogP contribution in [0.25, 0.3) is 0 Å². The van der Waals surface area contributed by atoms with Crippen molar-refractivity contribution < 1.29 is 5.11 Å². The summed E-state index contributed by atoms with van der Waals surface area (Å²) < 4.78 is 0. The summed E-state index contributed by atoms with van der Waals surface area (Å²) in [5, 5.41) is 9.82. The van der Waals surface area contributed by atoms with Gasteiger partial charge < -0.3 is 5.11 Å². The van der Waals surface area contributed by atoms with Crippen LogP contribution in [0, 0.1) is 5.92 Å². The summed E-state index contributed by atoms with van der Waals surface area (Å²) in [6.45, 7) is 2.22. The lowest BCUT2D eigenvalue weighted by Crippen LogP contribution is -1.82. The van der Waals surface area contributed by atoms with Crippen molar-refractivity contribution in [2.24, 2.45) is 5.92 Å². The number of benzene rings is 1. The van der Waals surface area contributed by atoms with E-state index in [1.807, 2.05) is 6.07 Å². The predicted octanol–water partition coefficient (Wildman–Crippen LogP) is 3.17. The third-order valence-corrected chi connectivity index (χ3v) is 2.82. The molecule has 0 radical (unpaired) electrons. The highest BCUT2D eigenvalue weighted by atomic mass is 35.5. The van der Waals surface area contributed by atoms with Gasteiger partial charge in [-0.15, -0.1) is 0 Å². The van der Waals surface area contributed by atoms with E-state index >= 15 is 0 Å². The Morgan fingerprint density at radius 2 is 2.17 bits per heavy atom. The molecule has 0 bridgehead atoms. The van der Waals surface area contributed by atoms with Crippen LogP contribution in [-0.2, 0) is 0 Å². The van der Waals surface area contributed by atoms with Crippen LogP contribution < -0.4 is 0 Å². The molecular formula is C10H11ClO. The predicted molar refractivity (Wildman–Crippen MR) is 49.6 cm³/mol. The Kier molecular flexibility index (Phi) is 1.76. The molecule has 0 unspecified atom stereocenters. The maximum absolute atomic E-state index is 9.12. The van der Waals surface area contributed by atoms with Crippen LogP contribution in [0.3, 0.4) is 0 Å². The summed E-state index contributed by atoms with van der Waals surface area (Å²) in [6, 6.07) is 5.24. The summed E-state index contributed by atoms with van der Waals surface area (Å²) in [4.78, 5) is 0. The molecule has 1 aromatic carbocycles. The van der Waals surface area contributed by atoms with Crippen molar-refractivity contribution in [3.63, 3.8) is 0 Å². The Balaban J connectivity index is 2.33. The van der Waals surface area contributed by atoms with Crippen LogP contribution >= 0.6 is 11.6 Å². The van der Waals surface area contributed by atoms with E-state index in [4.69, 9.17) is 16.7 Å². The highest BCUT2D eigenvalue weighted by Gasteiger charge is 2.35. The van der Waals surface area contributed by atoms with Gasteiger partial charge in [0.2, 0.25) is 0 Å². The number of hydrogen-bond donors (Lipinski definition) is 1. The van der Waals surface area contributed by atoms with Crippen molar-refractivity contribution in [2.75, 3.05) is 0 Å². The highest BCUT2D eigenvalue weighted by Crippen LogP contribution is 2.49. The second-order valence-corrected chi connectivity index (χ2v) is 3.93. The van der Waals surface area contributed by atoms with Gasteiger partial charge in [0, 0.05) is 5.02 Å². The zero-order valence-electron chi connectivity index (χ0n) is 6.92. The molecule has 0 aromatic heterocycles. The molecule has 1 aliphatic rings. The molecule has 1 saturated carbocycles. The average Bonchev–Trinajstić information content (AvgIpc) is 2.66. The molecule has 0 heterocycles. The lowest BCUT2D eigenvalue weighted by Gasteiger charge is -2.02. The molecule has 0 spiro atoms. The molecule has 12 heavy (non-hydrogen) atoms. The monoisotopic (exact) mass is 182 g/mol. The van der Waals surface area contributed by atoms with Crippen LogP contribution in [0.15, 0.2) is 18.2 Å². The van der Waals surface area contributed by atoms with Crippen molar-refractivity contribution in [1.82, 2.24) is 0 Å². The SMILES string of the molecule is C[C@H]1C[C@H]1c1ccc(O)cc1Cl. The molecule has 1 N–H and O–H groups in total. The molecule has 2 atom stereocenters. The van der Waals surface area contributed by atoms with Gasteiger partial charge in [-0.3, -0.25) is 0 Å². The average molecular weight is 183 g/mol. The molecule has 64 valence electrons. The number of rotatable bonds is 1. The number of aromatic hydroxyl groups is 1. The maximum atomic E-state index is 9.12. The lowest BCUT2D eigenvalue weighted by molar-refractivity contribution is 0.475. The fourth-order valence-corrected chi connectivity index (χ4v) is 1.89. The Hall–Kier alpha value is -0.690. The van der Waals surface area contributed by atoms with Crippen molar-refractivity contribution in [3.05, 3.63) is 28.8 Å². The van der Waals surface area contributed by atoms with Crippen molar-refractivity contribution in [1.29, 1.82) is 0 Å². The summed E-state index contributed by atoms with van der Waals surface area (Å²) in [6.07, 6.45) is 1.23. The van der Waals surface area contributed by atoms with Crippen LogP contribution in [0.2, 0.25) is 5.02 Å². The quantitative estimate of drug-likeness (QED) is 0.708. The van der Waals surface area contributed by atoms with Gasteiger partial charge in [-0.25, -0.2) is 0 Å². The molecular weight excluding hydrogens is 172 g/mol.